The number of benzene rings is 2. The van der Waals surface area contributed by atoms with Gasteiger partial charge in [0.05, 0.1) is 12.2 Å². The Balaban J connectivity index is 1.75. The number of esters is 1. The lowest BCUT2D eigenvalue weighted by atomic mass is 10.2. The van der Waals surface area contributed by atoms with E-state index in [0.717, 1.165) is 5.69 Å². The molecule has 0 aliphatic heterocycles. The van der Waals surface area contributed by atoms with Crippen LogP contribution in [0.4, 0.5) is 17.1 Å². The molecule has 2 aromatic rings. The molecule has 0 spiro atoms. The quantitative estimate of drug-likeness (QED) is 0.621. The first-order valence-corrected chi connectivity index (χ1v) is 8.66. The van der Waals surface area contributed by atoms with Crippen LogP contribution in [0, 0.1) is 0 Å². The topological polar surface area (TPSA) is 96.5 Å². The lowest BCUT2D eigenvalue weighted by molar-refractivity contribution is -0.116. The summed E-state index contributed by atoms with van der Waals surface area (Å²) in [5.41, 5.74) is 2.64. The van der Waals surface area contributed by atoms with Crippen LogP contribution in [0.15, 0.2) is 48.5 Å². The largest absolute Gasteiger partial charge is 0.462 e. The third kappa shape index (κ3) is 6.81. The minimum atomic E-state index is -0.354. The van der Waals surface area contributed by atoms with Crippen molar-refractivity contribution in [1.29, 1.82) is 0 Å². The minimum absolute atomic E-state index is 0.127. The Morgan fingerprint density at radius 2 is 1.41 bits per heavy atom. The maximum Gasteiger partial charge on any atom is 0.338 e. The number of hydrogen-bond donors (Lipinski definition) is 3. The monoisotopic (exact) mass is 369 g/mol. The molecule has 7 heteroatoms. The lowest BCUT2D eigenvalue weighted by Crippen LogP contribution is -2.16. The zero-order chi connectivity index (χ0) is 19.6. The molecule has 2 aromatic carbocycles. The highest BCUT2D eigenvalue weighted by atomic mass is 16.5. The zero-order valence-corrected chi connectivity index (χ0v) is 15.4. The average molecular weight is 369 g/mol. The van der Waals surface area contributed by atoms with Crippen LogP contribution >= 0.6 is 0 Å². The van der Waals surface area contributed by atoms with Gasteiger partial charge in [0.25, 0.3) is 0 Å². The highest BCUT2D eigenvalue weighted by molar-refractivity contribution is 5.92. The molecule has 142 valence electrons. The van der Waals surface area contributed by atoms with E-state index in [-0.39, 0.29) is 24.2 Å². The van der Waals surface area contributed by atoms with Gasteiger partial charge in [-0.2, -0.15) is 0 Å². The van der Waals surface area contributed by atoms with Gasteiger partial charge in [0.15, 0.2) is 0 Å². The van der Waals surface area contributed by atoms with Crippen LogP contribution < -0.4 is 16.0 Å². The summed E-state index contributed by atoms with van der Waals surface area (Å²) in [7, 11) is 0. The van der Waals surface area contributed by atoms with E-state index >= 15 is 0 Å². The van der Waals surface area contributed by atoms with Gasteiger partial charge < -0.3 is 20.7 Å². The van der Waals surface area contributed by atoms with Crippen LogP contribution in [0.3, 0.4) is 0 Å². The maximum absolute atomic E-state index is 12.0. The Labute approximate surface area is 158 Å². The van der Waals surface area contributed by atoms with E-state index < -0.39 is 0 Å². The van der Waals surface area contributed by atoms with E-state index in [1.54, 1.807) is 55.5 Å². The molecule has 0 aromatic heterocycles. The zero-order valence-electron chi connectivity index (χ0n) is 15.4. The molecule has 0 aliphatic rings. The van der Waals surface area contributed by atoms with Gasteiger partial charge >= 0.3 is 5.97 Å². The molecule has 7 nitrogen and oxygen atoms in total. The van der Waals surface area contributed by atoms with Crippen LogP contribution in [0.25, 0.3) is 0 Å². The molecular weight excluding hydrogens is 346 g/mol. The third-order valence-electron chi connectivity index (χ3n) is 3.57. The van der Waals surface area contributed by atoms with E-state index in [4.69, 9.17) is 4.74 Å². The van der Waals surface area contributed by atoms with Crippen LogP contribution in [-0.2, 0) is 14.3 Å². The molecule has 0 saturated heterocycles. The number of carbonyl (C=O) groups is 3. The van der Waals surface area contributed by atoms with Gasteiger partial charge in [0.2, 0.25) is 11.8 Å². The maximum atomic E-state index is 12.0. The van der Waals surface area contributed by atoms with Crippen molar-refractivity contribution < 1.29 is 19.1 Å². The van der Waals surface area contributed by atoms with Crippen molar-refractivity contribution in [3.05, 3.63) is 54.1 Å². The van der Waals surface area contributed by atoms with E-state index in [2.05, 4.69) is 16.0 Å². The normalized spacial score (nSPS) is 10.0. The van der Waals surface area contributed by atoms with Crippen molar-refractivity contribution >= 4 is 34.8 Å². The fourth-order valence-corrected chi connectivity index (χ4v) is 2.32. The number of rotatable bonds is 8. The minimum Gasteiger partial charge on any atom is -0.462 e. The van der Waals surface area contributed by atoms with Crippen molar-refractivity contribution in [3.8, 4) is 0 Å². The van der Waals surface area contributed by atoms with Gasteiger partial charge in [-0.15, -0.1) is 0 Å². The molecule has 27 heavy (non-hydrogen) atoms. The molecule has 2 rings (SSSR count). The van der Waals surface area contributed by atoms with Crippen LogP contribution in [0.2, 0.25) is 0 Å². The molecule has 0 bridgehead atoms. The number of amides is 2. The predicted molar refractivity (Wildman–Crippen MR) is 105 cm³/mol. The second kappa shape index (κ2) is 9.96. The summed E-state index contributed by atoms with van der Waals surface area (Å²) in [6.45, 7) is 3.99. The summed E-state index contributed by atoms with van der Waals surface area (Å²) >= 11 is 0. The fourth-order valence-electron chi connectivity index (χ4n) is 2.32. The summed E-state index contributed by atoms with van der Waals surface area (Å²) in [4.78, 5) is 34.6. The lowest BCUT2D eigenvalue weighted by Gasteiger charge is -2.09. The Kier molecular flexibility index (Phi) is 7.37. The molecule has 2 amide bonds. The second-order valence-corrected chi connectivity index (χ2v) is 5.78. The van der Waals surface area contributed by atoms with E-state index in [0.29, 0.717) is 30.1 Å². The number of carbonyl (C=O) groups excluding carboxylic acids is 3. The summed E-state index contributed by atoms with van der Waals surface area (Å²) in [6, 6.07) is 13.8. The SMILES string of the molecule is CCOC(=O)c1ccc(NCCC(=O)Nc2ccc(NC(C)=O)cc2)cc1. The van der Waals surface area contributed by atoms with Gasteiger partial charge in [-0.25, -0.2) is 4.79 Å². The summed E-state index contributed by atoms with van der Waals surface area (Å²) in [6.07, 6.45) is 0.285. The van der Waals surface area contributed by atoms with Crippen molar-refractivity contribution in [2.24, 2.45) is 0 Å². The molecule has 0 fully saturated rings. The van der Waals surface area contributed by atoms with Crippen LogP contribution in [0.5, 0.6) is 0 Å². The molecule has 0 atom stereocenters. The number of nitrogens with one attached hydrogen (secondary N) is 3. The standard InChI is InChI=1S/C20H23N3O4/c1-3-27-20(26)15-4-6-16(7-5-15)21-13-12-19(25)23-18-10-8-17(9-11-18)22-14(2)24/h4-11,21H,3,12-13H2,1-2H3,(H,22,24)(H,23,25). The molecular formula is C20H23N3O4. The van der Waals surface area contributed by atoms with E-state index in [1.165, 1.54) is 6.92 Å². The first-order chi connectivity index (χ1) is 13.0. The molecule has 0 aliphatic carbocycles. The molecule has 3 N–H and O–H groups in total. The predicted octanol–water partition coefficient (Wildman–Crippen LogP) is 3.26. The fraction of sp³-hybridized carbons (Fsp3) is 0.250. The van der Waals surface area contributed by atoms with E-state index in [9.17, 15) is 14.4 Å². The summed E-state index contributed by atoms with van der Waals surface area (Å²) in [5, 5.41) is 8.59. The molecule has 0 saturated carbocycles. The Hall–Kier alpha value is -3.35. The third-order valence-corrected chi connectivity index (χ3v) is 3.57. The van der Waals surface area contributed by atoms with Crippen molar-refractivity contribution in [2.45, 2.75) is 20.3 Å². The number of ether oxygens (including phenoxy) is 1. The molecule has 0 unspecified atom stereocenters. The van der Waals surface area contributed by atoms with Crippen molar-refractivity contribution in [1.82, 2.24) is 0 Å². The Bertz CT molecular complexity index is 786. The first-order valence-electron chi connectivity index (χ1n) is 8.66. The van der Waals surface area contributed by atoms with Gasteiger partial charge in [-0.05, 0) is 55.5 Å². The van der Waals surface area contributed by atoms with Gasteiger partial charge in [0.1, 0.15) is 0 Å². The van der Waals surface area contributed by atoms with Gasteiger partial charge in [-0.1, -0.05) is 0 Å². The highest BCUT2D eigenvalue weighted by Gasteiger charge is 2.06. The first kappa shape index (κ1) is 20.0. The number of hydrogen-bond acceptors (Lipinski definition) is 5. The summed E-state index contributed by atoms with van der Waals surface area (Å²) < 4.78 is 4.93. The van der Waals surface area contributed by atoms with E-state index in [1.807, 2.05) is 0 Å². The molecule has 0 heterocycles. The summed E-state index contributed by atoms with van der Waals surface area (Å²) in [5.74, 6) is -0.626. The van der Waals surface area contributed by atoms with Crippen molar-refractivity contribution in [2.75, 3.05) is 29.1 Å². The van der Waals surface area contributed by atoms with Crippen LogP contribution in [0.1, 0.15) is 30.6 Å². The van der Waals surface area contributed by atoms with Crippen LogP contribution in [-0.4, -0.2) is 30.9 Å². The molecule has 0 radical (unpaired) electrons. The van der Waals surface area contributed by atoms with Crippen molar-refractivity contribution in [3.63, 3.8) is 0 Å². The smallest absolute Gasteiger partial charge is 0.338 e. The van der Waals surface area contributed by atoms with Gasteiger partial charge in [-0.3, -0.25) is 9.59 Å². The Morgan fingerprint density at radius 1 is 0.852 bits per heavy atom. The highest BCUT2D eigenvalue weighted by Crippen LogP contribution is 2.14. The van der Waals surface area contributed by atoms with Gasteiger partial charge in [0, 0.05) is 37.0 Å². The average Bonchev–Trinajstić information content (AvgIpc) is 2.64. The second-order valence-electron chi connectivity index (χ2n) is 5.78. The Morgan fingerprint density at radius 3 is 1.96 bits per heavy atom. The number of anilines is 3.